The smallest absolute Gasteiger partial charge is 0.406 e. The molecule has 52 valence electrons. The van der Waals surface area contributed by atoms with E-state index in [0.29, 0.717) is 0 Å². The topological polar surface area (TPSA) is 38.7 Å². The minimum absolute atomic E-state index is 0.0324. The molecule has 0 radical (unpaired) electrons. The lowest BCUT2D eigenvalue weighted by molar-refractivity contribution is 0.0976. The monoisotopic (exact) mass is 130 g/mol. The highest BCUT2D eigenvalue weighted by Crippen LogP contribution is 2.14. The molecular weight excluding hydrogens is 119 g/mol. The van der Waals surface area contributed by atoms with E-state index in [1.54, 1.807) is 0 Å². The van der Waals surface area contributed by atoms with Gasteiger partial charge in [-0.3, -0.25) is 0 Å². The molecule has 1 saturated heterocycles. The minimum atomic E-state index is -0.155. The average molecular weight is 130 g/mol. The highest BCUT2D eigenvalue weighted by atomic mass is 16.7. The van der Waals surface area contributed by atoms with Gasteiger partial charge in [-0.1, -0.05) is 0 Å². The molecule has 4 heteroatoms. The van der Waals surface area contributed by atoms with Crippen molar-refractivity contribution < 1.29 is 14.4 Å². The molecule has 1 heterocycles. The van der Waals surface area contributed by atoms with Crippen molar-refractivity contribution >= 4 is 7.12 Å². The highest BCUT2D eigenvalue weighted by Gasteiger charge is 2.32. The largest absolute Gasteiger partial charge is 0.454 e. The van der Waals surface area contributed by atoms with Gasteiger partial charge in [0.2, 0.25) is 0 Å². The van der Waals surface area contributed by atoms with E-state index in [9.17, 15) is 0 Å². The molecule has 0 bridgehead atoms. The van der Waals surface area contributed by atoms with Gasteiger partial charge in [0.05, 0.1) is 18.8 Å². The van der Waals surface area contributed by atoms with Crippen LogP contribution in [0.2, 0.25) is 6.82 Å². The number of aliphatic hydroxyl groups is 1. The third-order valence-corrected chi connectivity index (χ3v) is 1.48. The average Bonchev–Trinajstić information content (AvgIpc) is 2.10. The van der Waals surface area contributed by atoms with Gasteiger partial charge in [0, 0.05) is 0 Å². The summed E-state index contributed by atoms with van der Waals surface area (Å²) < 4.78 is 10.3. The summed E-state index contributed by atoms with van der Waals surface area (Å²) in [5.41, 5.74) is 0. The molecule has 2 unspecified atom stereocenters. The summed E-state index contributed by atoms with van der Waals surface area (Å²) in [4.78, 5) is 0. The maximum atomic E-state index is 8.65. The fourth-order valence-electron chi connectivity index (χ4n) is 0.970. The molecule has 1 aliphatic rings. The van der Waals surface area contributed by atoms with Crippen molar-refractivity contribution in [2.45, 2.75) is 26.0 Å². The summed E-state index contributed by atoms with van der Waals surface area (Å²) >= 11 is 0. The Hall–Kier alpha value is -0.0551. The van der Waals surface area contributed by atoms with Gasteiger partial charge in [-0.05, 0) is 13.7 Å². The summed E-state index contributed by atoms with van der Waals surface area (Å²) in [6, 6.07) is 0. The van der Waals surface area contributed by atoms with Gasteiger partial charge in [0.1, 0.15) is 0 Å². The molecule has 9 heavy (non-hydrogen) atoms. The fourth-order valence-corrected chi connectivity index (χ4v) is 0.970. The zero-order valence-electron chi connectivity index (χ0n) is 5.70. The van der Waals surface area contributed by atoms with Gasteiger partial charge in [0.25, 0.3) is 0 Å². The van der Waals surface area contributed by atoms with Crippen LogP contribution in [0, 0.1) is 0 Å². The second-order valence-corrected chi connectivity index (χ2v) is 2.27. The Morgan fingerprint density at radius 1 is 1.56 bits per heavy atom. The van der Waals surface area contributed by atoms with Crippen molar-refractivity contribution in [3.05, 3.63) is 0 Å². The normalized spacial score (nSPS) is 35.7. The number of rotatable bonds is 1. The molecule has 2 atom stereocenters. The molecule has 1 aliphatic heterocycles. The van der Waals surface area contributed by atoms with E-state index in [4.69, 9.17) is 14.4 Å². The zero-order chi connectivity index (χ0) is 6.85. The molecule has 1 fully saturated rings. The lowest BCUT2D eigenvalue weighted by Crippen LogP contribution is -2.22. The van der Waals surface area contributed by atoms with Crippen molar-refractivity contribution in [3.63, 3.8) is 0 Å². The van der Waals surface area contributed by atoms with Crippen LogP contribution in [0.1, 0.15) is 6.92 Å². The SMILES string of the molecule is CB1OC(C)C(CO)O1. The second-order valence-electron chi connectivity index (χ2n) is 2.27. The van der Waals surface area contributed by atoms with Crippen LogP contribution in [0.3, 0.4) is 0 Å². The third kappa shape index (κ3) is 1.44. The molecule has 0 saturated carbocycles. The first kappa shape index (κ1) is 7.06. The van der Waals surface area contributed by atoms with Crippen molar-refractivity contribution in [2.75, 3.05) is 6.61 Å². The van der Waals surface area contributed by atoms with Gasteiger partial charge in [-0.25, -0.2) is 0 Å². The first-order valence-electron chi connectivity index (χ1n) is 3.16. The lowest BCUT2D eigenvalue weighted by atomic mass is 9.97. The Labute approximate surface area is 55.1 Å². The van der Waals surface area contributed by atoms with Gasteiger partial charge in [-0.15, -0.1) is 0 Å². The second kappa shape index (κ2) is 2.69. The lowest BCUT2D eigenvalue weighted by Gasteiger charge is -2.08. The number of hydrogen-bond acceptors (Lipinski definition) is 3. The van der Waals surface area contributed by atoms with E-state index in [0.717, 1.165) is 0 Å². The molecule has 0 amide bonds. The Morgan fingerprint density at radius 2 is 2.22 bits per heavy atom. The standard InChI is InChI=1S/C5H11BO3/c1-4-5(3-7)9-6(2)8-4/h4-5,7H,3H2,1-2H3. The van der Waals surface area contributed by atoms with E-state index >= 15 is 0 Å². The van der Waals surface area contributed by atoms with Crippen LogP contribution in [0.15, 0.2) is 0 Å². The molecule has 0 aromatic carbocycles. The predicted octanol–water partition coefficient (Wildman–Crippen LogP) is -0.0994. The predicted molar refractivity (Wildman–Crippen MR) is 34.1 cm³/mol. The molecule has 0 aromatic rings. The first-order chi connectivity index (χ1) is 4.24. The van der Waals surface area contributed by atoms with E-state index in [1.807, 2.05) is 13.7 Å². The van der Waals surface area contributed by atoms with Crippen LogP contribution in [-0.2, 0) is 9.31 Å². The van der Waals surface area contributed by atoms with E-state index in [2.05, 4.69) is 0 Å². The van der Waals surface area contributed by atoms with Crippen LogP contribution in [0.25, 0.3) is 0 Å². The fraction of sp³-hybridized carbons (Fsp3) is 1.00. The maximum Gasteiger partial charge on any atom is 0.454 e. The highest BCUT2D eigenvalue weighted by molar-refractivity contribution is 6.43. The van der Waals surface area contributed by atoms with Crippen LogP contribution in [-0.4, -0.2) is 31.0 Å². The summed E-state index contributed by atoms with van der Waals surface area (Å²) in [6.07, 6.45) is -0.0926. The molecule has 3 nitrogen and oxygen atoms in total. The molecule has 0 spiro atoms. The first-order valence-corrected chi connectivity index (χ1v) is 3.16. The van der Waals surface area contributed by atoms with Crippen molar-refractivity contribution in [1.82, 2.24) is 0 Å². The van der Waals surface area contributed by atoms with Gasteiger partial charge < -0.3 is 14.4 Å². The molecule has 1 rings (SSSR count). The van der Waals surface area contributed by atoms with Crippen LogP contribution in [0.4, 0.5) is 0 Å². The molecule has 1 N–H and O–H groups in total. The molecule has 0 aromatic heterocycles. The quantitative estimate of drug-likeness (QED) is 0.503. The zero-order valence-corrected chi connectivity index (χ0v) is 5.70. The van der Waals surface area contributed by atoms with Gasteiger partial charge in [-0.2, -0.15) is 0 Å². The third-order valence-electron chi connectivity index (χ3n) is 1.48. The number of aliphatic hydroxyl groups excluding tert-OH is 1. The Bertz CT molecular complexity index is 98.2. The van der Waals surface area contributed by atoms with Crippen molar-refractivity contribution in [2.24, 2.45) is 0 Å². The van der Waals surface area contributed by atoms with Crippen LogP contribution < -0.4 is 0 Å². The van der Waals surface area contributed by atoms with Gasteiger partial charge >= 0.3 is 7.12 Å². The van der Waals surface area contributed by atoms with E-state index in [-0.39, 0.29) is 25.9 Å². The molecule has 0 aliphatic carbocycles. The Morgan fingerprint density at radius 3 is 2.44 bits per heavy atom. The summed E-state index contributed by atoms with van der Waals surface area (Å²) in [5.74, 6) is 0. The summed E-state index contributed by atoms with van der Waals surface area (Å²) in [6.45, 7) is 3.77. The van der Waals surface area contributed by atoms with E-state index < -0.39 is 0 Å². The van der Waals surface area contributed by atoms with Crippen molar-refractivity contribution in [1.29, 1.82) is 0 Å². The summed E-state index contributed by atoms with van der Waals surface area (Å²) in [7, 11) is -0.155. The maximum absolute atomic E-state index is 8.65. The van der Waals surface area contributed by atoms with Crippen molar-refractivity contribution in [3.8, 4) is 0 Å². The summed E-state index contributed by atoms with van der Waals surface area (Å²) in [5, 5.41) is 8.65. The van der Waals surface area contributed by atoms with Gasteiger partial charge in [0.15, 0.2) is 0 Å². The minimum Gasteiger partial charge on any atom is -0.406 e. The molecular formula is C5H11BO3. The van der Waals surface area contributed by atoms with E-state index in [1.165, 1.54) is 0 Å². The Balaban J connectivity index is 2.38. The van der Waals surface area contributed by atoms with Crippen LogP contribution in [0.5, 0.6) is 0 Å². The number of hydrogen-bond donors (Lipinski definition) is 1. The Kier molecular flexibility index (Phi) is 2.11. The van der Waals surface area contributed by atoms with Crippen LogP contribution >= 0.6 is 0 Å².